The van der Waals surface area contributed by atoms with Crippen molar-refractivity contribution in [2.24, 2.45) is 11.8 Å². The monoisotopic (exact) mass is 353 g/mol. The number of aliphatic hydroxyl groups excluding tert-OH is 1. The molecule has 3 heterocycles. The molecule has 0 aliphatic carbocycles. The molecule has 0 spiro atoms. The van der Waals surface area contributed by atoms with E-state index in [1.807, 2.05) is 9.80 Å². The minimum atomic E-state index is -0.190. The Morgan fingerprint density at radius 3 is 2.88 bits per heavy atom. The zero-order valence-electron chi connectivity index (χ0n) is 14.7. The fourth-order valence-electron chi connectivity index (χ4n) is 5.08. The average molecular weight is 353 g/mol. The Bertz CT molecular complexity index is 758. The van der Waals surface area contributed by atoms with Crippen LogP contribution < -0.4 is 0 Å². The SMILES string of the molecule is N#Cc1cccc(C(=O)N2C[C@H]3C[C@@H](C2)[C@H](CO)N2C(=O)CCC[C@@H]32)c1. The van der Waals surface area contributed by atoms with Crippen molar-refractivity contribution < 1.29 is 14.7 Å². The maximum absolute atomic E-state index is 13.0. The van der Waals surface area contributed by atoms with E-state index in [2.05, 4.69) is 6.07 Å². The number of benzene rings is 1. The zero-order valence-corrected chi connectivity index (χ0v) is 14.7. The van der Waals surface area contributed by atoms with Gasteiger partial charge in [0.05, 0.1) is 24.3 Å². The number of hydrogen-bond acceptors (Lipinski definition) is 4. The first-order valence-corrected chi connectivity index (χ1v) is 9.34. The van der Waals surface area contributed by atoms with Gasteiger partial charge in [0.2, 0.25) is 5.91 Å². The van der Waals surface area contributed by atoms with E-state index >= 15 is 0 Å². The summed E-state index contributed by atoms with van der Waals surface area (Å²) in [5.74, 6) is 0.463. The third kappa shape index (κ3) is 2.77. The van der Waals surface area contributed by atoms with Crippen LogP contribution in [0.1, 0.15) is 41.6 Å². The number of piperidine rings is 3. The minimum absolute atomic E-state index is 0.0500. The Hall–Kier alpha value is -2.39. The van der Waals surface area contributed by atoms with Crippen molar-refractivity contribution in [1.29, 1.82) is 5.26 Å². The van der Waals surface area contributed by atoms with Crippen LogP contribution in [0.4, 0.5) is 0 Å². The van der Waals surface area contributed by atoms with Crippen molar-refractivity contribution >= 4 is 11.8 Å². The Labute approximate surface area is 153 Å². The molecule has 2 amide bonds. The molecular weight excluding hydrogens is 330 g/mol. The van der Waals surface area contributed by atoms with Crippen molar-refractivity contribution in [3.63, 3.8) is 0 Å². The van der Waals surface area contributed by atoms with Gasteiger partial charge in [0.25, 0.3) is 5.91 Å². The van der Waals surface area contributed by atoms with E-state index in [0.717, 1.165) is 19.3 Å². The lowest BCUT2D eigenvalue weighted by atomic mass is 9.72. The molecule has 0 unspecified atom stereocenters. The molecule has 4 rings (SSSR count). The third-order valence-corrected chi connectivity index (χ3v) is 6.21. The van der Waals surface area contributed by atoms with E-state index in [-0.39, 0.29) is 42.3 Å². The van der Waals surface area contributed by atoms with Crippen LogP contribution in [0, 0.1) is 23.2 Å². The van der Waals surface area contributed by atoms with Crippen molar-refractivity contribution in [2.45, 2.75) is 37.8 Å². The number of carbonyl (C=O) groups excluding carboxylic acids is 2. The number of carbonyl (C=O) groups is 2. The molecule has 1 aromatic rings. The quantitative estimate of drug-likeness (QED) is 0.871. The lowest BCUT2D eigenvalue weighted by Gasteiger charge is -2.56. The largest absolute Gasteiger partial charge is 0.394 e. The van der Waals surface area contributed by atoms with E-state index in [9.17, 15) is 14.7 Å². The van der Waals surface area contributed by atoms with Gasteiger partial charge in [-0.25, -0.2) is 0 Å². The van der Waals surface area contributed by atoms with Gasteiger partial charge in [-0.1, -0.05) is 6.07 Å². The van der Waals surface area contributed by atoms with E-state index in [0.29, 0.717) is 30.6 Å². The molecule has 1 N–H and O–H groups in total. The van der Waals surface area contributed by atoms with Crippen LogP contribution in [0.2, 0.25) is 0 Å². The van der Waals surface area contributed by atoms with Crippen molar-refractivity contribution in [2.75, 3.05) is 19.7 Å². The second-order valence-electron chi connectivity index (χ2n) is 7.67. The second-order valence-corrected chi connectivity index (χ2v) is 7.67. The van der Waals surface area contributed by atoms with Gasteiger partial charge in [0.15, 0.2) is 0 Å². The summed E-state index contributed by atoms with van der Waals surface area (Å²) < 4.78 is 0. The summed E-state index contributed by atoms with van der Waals surface area (Å²) in [7, 11) is 0. The molecule has 2 bridgehead atoms. The van der Waals surface area contributed by atoms with Crippen LogP contribution >= 0.6 is 0 Å². The summed E-state index contributed by atoms with van der Waals surface area (Å²) in [6, 6.07) is 8.81. The number of rotatable bonds is 2. The van der Waals surface area contributed by atoms with Gasteiger partial charge in [-0.2, -0.15) is 5.26 Å². The maximum atomic E-state index is 13.0. The smallest absolute Gasteiger partial charge is 0.253 e. The highest BCUT2D eigenvalue weighted by molar-refractivity contribution is 5.94. The lowest BCUT2D eigenvalue weighted by molar-refractivity contribution is -0.154. The van der Waals surface area contributed by atoms with Crippen molar-refractivity contribution in [3.05, 3.63) is 35.4 Å². The predicted octanol–water partition coefficient (Wildman–Crippen LogP) is 1.39. The highest BCUT2D eigenvalue weighted by atomic mass is 16.3. The number of nitrogens with zero attached hydrogens (tertiary/aromatic N) is 3. The molecule has 1 aromatic carbocycles. The first-order chi connectivity index (χ1) is 12.6. The normalized spacial score (nSPS) is 30.5. The molecule has 0 aromatic heterocycles. The first kappa shape index (κ1) is 17.0. The van der Waals surface area contributed by atoms with Crippen LogP contribution in [0.25, 0.3) is 0 Å². The van der Waals surface area contributed by atoms with Gasteiger partial charge >= 0.3 is 0 Å². The summed E-state index contributed by atoms with van der Waals surface area (Å²) >= 11 is 0. The molecule has 6 nitrogen and oxygen atoms in total. The highest BCUT2D eigenvalue weighted by Crippen LogP contribution is 2.41. The third-order valence-electron chi connectivity index (χ3n) is 6.21. The molecule has 3 saturated heterocycles. The summed E-state index contributed by atoms with van der Waals surface area (Å²) in [4.78, 5) is 29.2. The fourth-order valence-corrected chi connectivity index (χ4v) is 5.08. The number of likely N-dealkylation sites (tertiary alicyclic amines) is 1. The maximum Gasteiger partial charge on any atom is 0.253 e. The highest BCUT2D eigenvalue weighted by Gasteiger charge is 2.49. The summed E-state index contributed by atoms with van der Waals surface area (Å²) in [6.07, 6.45) is 3.36. The summed E-state index contributed by atoms with van der Waals surface area (Å²) in [5, 5.41) is 19.0. The van der Waals surface area contributed by atoms with Crippen LogP contribution in [-0.2, 0) is 4.79 Å². The minimum Gasteiger partial charge on any atom is -0.394 e. The van der Waals surface area contributed by atoms with Gasteiger partial charge in [-0.05, 0) is 49.3 Å². The zero-order chi connectivity index (χ0) is 18.3. The molecule has 4 atom stereocenters. The molecule has 0 radical (unpaired) electrons. The Morgan fingerprint density at radius 2 is 2.12 bits per heavy atom. The standard InChI is InChI=1S/C20H23N3O3/c21-9-13-3-1-4-14(7-13)20(26)22-10-15-8-16(11-22)18(12-24)23-17(15)5-2-6-19(23)25/h1,3-4,7,15-18,24H,2,5-6,8,10-12H2/t15-,16+,17+,18+/m1/s1. The fraction of sp³-hybridized carbons (Fsp3) is 0.550. The number of fused-ring (bicyclic) bond motifs is 4. The Morgan fingerprint density at radius 1 is 1.31 bits per heavy atom. The number of aliphatic hydroxyl groups is 1. The second kappa shape index (κ2) is 6.73. The topological polar surface area (TPSA) is 84.6 Å². The molecule has 26 heavy (non-hydrogen) atoms. The van der Waals surface area contributed by atoms with Crippen molar-refractivity contribution in [1.82, 2.24) is 9.80 Å². The van der Waals surface area contributed by atoms with Crippen LogP contribution in [0.5, 0.6) is 0 Å². The Kier molecular flexibility index (Phi) is 4.41. The predicted molar refractivity (Wildman–Crippen MR) is 94.0 cm³/mol. The summed E-state index contributed by atoms with van der Waals surface area (Å²) in [5.41, 5.74) is 1.01. The molecular formula is C20H23N3O3. The summed E-state index contributed by atoms with van der Waals surface area (Å²) in [6.45, 7) is 1.14. The van der Waals surface area contributed by atoms with E-state index in [1.54, 1.807) is 24.3 Å². The number of amides is 2. The van der Waals surface area contributed by atoms with Crippen molar-refractivity contribution in [3.8, 4) is 6.07 Å². The van der Waals surface area contributed by atoms with Gasteiger partial charge in [-0.3, -0.25) is 9.59 Å². The first-order valence-electron chi connectivity index (χ1n) is 9.34. The van der Waals surface area contributed by atoms with E-state index in [1.165, 1.54) is 0 Å². The molecule has 0 saturated carbocycles. The van der Waals surface area contributed by atoms with Gasteiger partial charge in [0.1, 0.15) is 0 Å². The van der Waals surface area contributed by atoms with Gasteiger partial charge in [-0.15, -0.1) is 0 Å². The molecule has 3 aliphatic rings. The molecule has 3 aliphatic heterocycles. The van der Waals surface area contributed by atoms with Gasteiger partial charge < -0.3 is 14.9 Å². The Balaban J connectivity index is 1.59. The molecule has 136 valence electrons. The van der Waals surface area contributed by atoms with Crippen LogP contribution in [-0.4, -0.2) is 58.5 Å². The van der Waals surface area contributed by atoms with Gasteiger partial charge in [0, 0.05) is 31.1 Å². The molecule has 3 fully saturated rings. The number of nitriles is 1. The average Bonchev–Trinajstić information content (AvgIpc) is 2.68. The lowest BCUT2D eigenvalue weighted by Crippen LogP contribution is -2.66. The van der Waals surface area contributed by atoms with Crippen LogP contribution in [0.3, 0.4) is 0 Å². The van der Waals surface area contributed by atoms with Crippen LogP contribution in [0.15, 0.2) is 24.3 Å². The van der Waals surface area contributed by atoms with E-state index in [4.69, 9.17) is 5.26 Å². The molecule has 6 heteroatoms. The van der Waals surface area contributed by atoms with E-state index < -0.39 is 0 Å². The number of hydrogen-bond donors (Lipinski definition) is 1.